The predicted molar refractivity (Wildman–Crippen MR) is 83.7 cm³/mol. The summed E-state index contributed by atoms with van der Waals surface area (Å²) in [6.07, 6.45) is 5.09. The quantitative estimate of drug-likeness (QED) is 0.802. The minimum atomic E-state index is -3.66. The van der Waals surface area contributed by atoms with Crippen LogP contribution in [0, 0.1) is 6.92 Å². The summed E-state index contributed by atoms with van der Waals surface area (Å²) >= 11 is 0. The number of hydrogen-bond acceptors (Lipinski definition) is 4. The number of hydrogen-bond donors (Lipinski definition) is 1. The molecule has 0 amide bonds. The summed E-state index contributed by atoms with van der Waals surface area (Å²) in [7, 11) is -2.12. The molecule has 0 spiro atoms. The maximum Gasteiger partial charge on any atom is 0.262 e. The Balaban J connectivity index is 1.95. The van der Waals surface area contributed by atoms with Crippen molar-refractivity contribution in [1.82, 2.24) is 9.38 Å². The van der Waals surface area contributed by atoms with Crippen LogP contribution in [-0.4, -0.2) is 24.9 Å². The predicted octanol–water partition coefficient (Wildman–Crippen LogP) is 2.45. The van der Waals surface area contributed by atoms with Crippen molar-refractivity contribution in [3.63, 3.8) is 0 Å². The number of benzene rings is 1. The van der Waals surface area contributed by atoms with E-state index < -0.39 is 10.0 Å². The van der Waals surface area contributed by atoms with Crippen molar-refractivity contribution in [3.05, 3.63) is 54.5 Å². The smallest absolute Gasteiger partial charge is 0.262 e. The van der Waals surface area contributed by atoms with Crippen molar-refractivity contribution >= 4 is 21.4 Å². The number of rotatable bonds is 4. The molecule has 0 radical (unpaired) electrons. The van der Waals surface area contributed by atoms with Gasteiger partial charge in [0.2, 0.25) is 0 Å². The molecule has 0 saturated carbocycles. The standard InChI is InChI=1S/C15H15N3O3S/c1-11-9-13(21-2)4-5-14(11)22(19,20)17-12-3-6-15-16-7-8-18(15)10-12/h3-10,17H,1-2H3. The van der Waals surface area contributed by atoms with Crippen LogP contribution in [0.25, 0.3) is 5.65 Å². The summed E-state index contributed by atoms with van der Waals surface area (Å²) < 4.78 is 34.5. The van der Waals surface area contributed by atoms with E-state index in [1.807, 2.05) is 0 Å². The van der Waals surface area contributed by atoms with Crippen molar-refractivity contribution in [3.8, 4) is 5.75 Å². The fraction of sp³-hybridized carbons (Fsp3) is 0.133. The average Bonchev–Trinajstić information content (AvgIpc) is 2.93. The van der Waals surface area contributed by atoms with Gasteiger partial charge in [0.05, 0.1) is 17.7 Å². The molecule has 0 aliphatic carbocycles. The van der Waals surface area contributed by atoms with Gasteiger partial charge in [0.1, 0.15) is 11.4 Å². The highest BCUT2D eigenvalue weighted by atomic mass is 32.2. The van der Waals surface area contributed by atoms with Crippen molar-refractivity contribution in [2.24, 2.45) is 0 Å². The summed E-state index contributed by atoms with van der Waals surface area (Å²) in [5.74, 6) is 0.622. The zero-order valence-corrected chi connectivity index (χ0v) is 13.0. The molecule has 0 aliphatic heterocycles. The molecule has 7 heteroatoms. The van der Waals surface area contributed by atoms with E-state index in [1.54, 1.807) is 61.3 Å². The van der Waals surface area contributed by atoms with E-state index in [-0.39, 0.29) is 4.90 Å². The number of fused-ring (bicyclic) bond motifs is 1. The molecule has 1 N–H and O–H groups in total. The van der Waals surface area contributed by atoms with E-state index in [9.17, 15) is 8.42 Å². The second-order valence-electron chi connectivity index (χ2n) is 4.85. The molecule has 0 fully saturated rings. The third-order valence-corrected chi connectivity index (χ3v) is 4.85. The van der Waals surface area contributed by atoms with Crippen molar-refractivity contribution < 1.29 is 13.2 Å². The van der Waals surface area contributed by atoms with Gasteiger partial charge in [-0.3, -0.25) is 4.72 Å². The molecule has 22 heavy (non-hydrogen) atoms. The van der Waals surface area contributed by atoms with E-state index in [2.05, 4.69) is 9.71 Å². The van der Waals surface area contributed by atoms with Crippen LogP contribution < -0.4 is 9.46 Å². The van der Waals surface area contributed by atoms with Gasteiger partial charge in [-0.1, -0.05) is 0 Å². The number of aromatic nitrogens is 2. The lowest BCUT2D eigenvalue weighted by Crippen LogP contribution is -2.14. The SMILES string of the molecule is COc1ccc(S(=O)(=O)Nc2ccc3nccn3c2)c(C)c1. The molecule has 114 valence electrons. The monoisotopic (exact) mass is 317 g/mol. The zero-order chi connectivity index (χ0) is 15.7. The fourth-order valence-corrected chi connectivity index (χ4v) is 3.51. The summed E-state index contributed by atoms with van der Waals surface area (Å²) in [5.41, 5.74) is 1.85. The lowest BCUT2D eigenvalue weighted by molar-refractivity contribution is 0.414. The molecule has 3 rings (SSSR count). The van der Waals surface area contributed by atoms with E-state index in [0.29, 0.717) is 17.0 Å². The van der Waals surface area contributed by atoms with Gasteiger partial charge in [0.15, 0.2) is 0 Å². The molecule has 1 aromatic carbocycles. The van der Waals surface area contributed by atoms with Crippen LogP contribution in [-0.2, 0) is 10.0 Å². The number of aryl methyl sites for hydroxylation is 1. The molecule has 0 bridgehead atoms. The molecule has 2 heterocycles. The largest absolute Gasteiger partial charge is 0.497 e. The molecule has 0 unspecified atom stereocenters. The van der Waals surface area contributed by atoms with Gasteiger partial charge in [-0.25, -0.2) is 13.4 Å². The average molecular weight is 317 g/mol. The number of ether oxygens (including phenoxy) is 1. The molecular formula is C15H15N3O3S. The third-order valence-electron chi connectivity index (χ3n) is 3.31. The highest BCUT2D eigenvalue weighted by molar-refractivity contribution is 7.92. The highest BCUT2D eigenvalue weighted by Crippen LogP contribution is 2.23. The number of anilines is 1. The second-order valence-corrected chi connectivity index (χ2v) is 6.50. The van der Waals surface area contributed by atoms with Crippen LogP contribution in [0.4, 0.5) is 5.69 Å². The number of imidazole rings is 1. The fourth-order valence-electron chi connectivity index (χ4n) is 2.24. The number of nitrogens with one attached hydrogen (secondary N) is 1. The second kappa shape index (κ2) is 5.34. The summed E-state index contributed by atoms with van der Waals surface area (Å²) in [6.45, 7) is 1.73. The van der Waals surface area contributed by atoms with Crippen LogP contribution in [0.15, 0.2) is 53.8 Å². The van der Waals surface area contributed by atoms with Crippen LogP contribution >= 0.6 is 0 Å². The highest BCUT2D eigenvalue weighted by Gasteiger charge is 2.17. The molecular weight excluding hydrogens is 302 g/mol. The van der Waals surface area contributed by atoms with Crippen LogP contribution in [0.1, 0.15) is 5.56 Å². The number of pyridine rings is 1. The van der Waals surface area contributed by atoms with Crippen molar-refractivity contribution in [2.75, 3.05) is 11.8 Å². The summed E-state index contributed by atoms with van der Waals surface area (Å²) in [6, 6.07) is 8.28. The lowest BCUT2D eigenvalue weighted by Gasteiger charge is -2.11. The molecule has 0 saturated heterocycles. The molecule has 2 aromatic heterocycles. The minimum Gasteiger partial charge on any atom is -0.497 e. The zero-order valence-electron chi connectivity index (χ0n) is 12.1. The Morgan fingerprint density at radius 2 is 2.05 bits per heavy atom. The normalized spacial score (nSPS) is 11.5. The first-order chi connectivity index (χ1) is 10.5. The van der Waals surface area contributed by atoms with Gasteiger partial charge < -0.3 is 9.14 Å². The first kappa shape index (κ1) is 14.4. The van der Waals surface area contributed by atoms with Crippen LogP contribution in [0.2, 0.25) is 0 Å². The van der Waals surface area contributed by atoms with E-state index in [0.717, 1.165) is 5.65 Å². The molecule has 6 nitrogen and oxygen atoms in total. The molecule has 3 aromatic rings. The van der Waals surface area contributed by atoms with Crippen molar-refractivity contribution in [2.45, 2.75) is 11.8 Å². The number of methoxy groups -OCH3 is 1. The first-order valence-corrected chi connectivity index (χ1v) is 8.08. The van der Waals surface area contributed by atoms with Gasteiger partial charge in [0.25, 0.3) is 10.0 Å². The van der Waals surface area contributed by atoms with Crippen molar-refractivity contribution in [1.29, 1.82) is 0 Å². The van der Waals surface area contributed by atoms with E-state index in [4.69, 9.17) is 4.74 Å². The van der Waals surface area contributed by atoms with Gasteiger partial charge in [-0.2, -0.15) is 0 Å². The van der Waals surface area contributed by atoms with Gasteiger partial charge in [-0.15, -0.1) is 0 Å². The minimum absolute atomic E-state index is 0.221. The Bertz CT molecular complexity index is 932. The van der Waals surface area contributed by atoms with Gasteiger partial charge >= 0.3 is 0 Å². The van der Waals surface area contributed by atoms with E-state index in [1.165, 1.54) is 6.07 Å². The Hall–Kier alpha value is -2.54. The Morgan fingerprint density at radius 3 is 2.77 bits per heavy atom. The summed E-state index contributed by atoms with van der Waals surface area (Å²) in [5, 5.41) is 0. The molecule has 0 aliphatic rings. The topological polar surface area (TPSA) is 72.7 Å². The van der Waals surface area contributed by atoms with Crippen LogP contribution in [0.5, 0.6) is 5.75 Å². The van der Waals surface area contributed by atoms with Gasteiger partial charge in [-0.05, 0) is 42.8 Å². The van der Waals surface area contributed by atoms with Gasteiger partial charge in [0, 0.05) is 18.6 Å². The lowest BCUT2D eigenvalue weighted by atomic mass is 10.2. The molecule has 0 atom stereocenters. The Labute approximate surface area is 128 Å². The first-order valence-electron chi connectivity index (χ1n) is 6.60. The number of nitrogens with zero attached hydrogens (tertiary/aromatic N) is 2. The Morgan fingerprint density at radius 1 is 1.23 bits per heavy atom. The van der Waals surface area contributed by atoms with E-state index >= 15 is 0 Å². The maximum absolute atomic E-state index is 12.5. The summed E-state index contributed by atoms with van der Waals surface area (Å²) in [4.78, 5) is 4.34. The maximum atomic E-state index is 12.5. The Kier molecular flexibility index (Phi) is 3.50. The third kappa shape index (κ3) is 2.62. The van der Waals surface area contributed by atoms with Crippen LogP contribution in [0.3, 0.4) is 0 Å². The number of sulfonamides is 1.